The van der Waals surface area contributed by atoms with Crippen molar-refractivity contribution in [3.63, 3.8) is 0 Å². The standard InChI is InChI=1S/C14H22N2/c15-12-14(9-4-5-11-16-14)10-8-13-6-2-1-3-7-13/h1-3,6-7,16H,4-5,8-12,15H2. The Kier molecular flexibility index (Phi) is 3.97. The van der Waals surface area contributed by atoms with Gasteiger partial charge >= 0.3 is 0 Å². The summed E-state index contributed by atoms with van der Waals surface area (Å²) in [5.41, 5.74) is 7.56. The van der Waals surface area contributed by atoms with Crippen LogP contribution >= 0.6 is 0 Å². The van der Waals surface area contributed by atoms with E-state index >= 15 is 0 Å². The van der Waals surface area contributed by atoms with Crippen LogP contribution in [0, 0.1) is 0 Å². The zero-order valence-corrected chi connectivity index (χ0v) is 9.91. The van der Waals surface area contributed by atoms with Gasteiger partial charge in [-0.2, -0.15) is 0 Å². The van der Waals surface area contributed by atoms with Crippen molar-refractivity contribution in [2.24, 2.45) is 5.73 Å². The second-order valence-corrected chi connectivity index (χ2v) is 4.85. The van der Waals surface area contributed by atoms with Crippen LogP contribution in [-0.2, 0) is 6.42 Å². The van der Waals surface area contributed by atoms with E-state index in [1.807, 2.05) is 0 Å². The minimum Gasteiger partial charge on any atom is -0.329 e. The lowest BCUT2D eigenvalue weighted by Crippen LogP contribution is -2.54. The van der Waals surface area contributed by atoms with Crippen LogP contribution in [0.5, 0.6) is 0 Å². The lowest BCUT2D eigenvalue weighted by Gasteiger charge is -2.37. The molecule has 2 nitrogen and oxygen atoms in total. The maximum absolute atomic E-state index is 5.94. The lowest BCUT2D eigenvalue weighted by atomic mass is 9.84. The first-order chi connectivity index (χ1) is 7.85. The Morgan fingerprint density at radius 1 is 1.19 bits per heavy atom. The van der Waals surface area contributed by atoms with Crippen molar-refractivity contribution in [3.05, 3.63) is 35.9 Å². The molecule has 1 aromatic rings. The number of hydrogen-bond acceptors (Lipinski definition) is 2. The highest BCUT2D eigenvalue weighted by atomic mass is 15.0. The Labute approximate surface area is 98.2 Å². The van der Waals surface area contributed by atoms with Gasteiger partial charge in [0.05, 0.1) is 0 Å². The van der Waals surface area contributed by atoms with E-state index in [-0.39, 0.29) is 5.54 Å². The van der Waals surface area contributed by atoms with Gasteiger partial charge in [-0.05, 0) is 37.8 Å². The molecule has 1 unspecified atom stereocenters. The lowest BCUT2D eigenvalue weighted by molar-refractivity contribution is 0.245. The topological polar surface area (TPSA) is 38.0 Å². The monoisotopic (exact) mass is 218 g/mol. The van der Waals surface area contributed by atoms with E-state index < -0.39 is 0 Å². The molecule has 1 aromatic carbocycles. The highest BCUT2D eigenvalue weighted by Crippen LogP contribution is 2.23. The summed E-state index contributed by atoms with van der Waals surface area (Å²) < 4.78 is 0. The van der Waals surface area contributed by atoms with Crippen LogP contribution in [-0.4, -0.2) is 18.6 Å². The number of nitrogens with one attached hydrogen (secondary N) is 1. The average molecular weight is 218 g/mol. The Morgan fingerprint density at radius 3 is 2.62 bits per heavy atom. The van der Waals surface area contributed by atoms with Gasteiger partial charge in [0.15, 0.2) is 0 Å². The van der Waals surface area contributed by atoms with E-state index in [9.17, 15) is 0 Å². The Bertz CT molecular complexity index is 302. The fraction of sp³-hybridized carbons (Fsp3) is 0.571. The molecule has 1 aliphatic rings. The van der Waals surface area contributed by atoms with Crippen molar-refractivity contribution in [3.8, 4) is 0 Å². The first-order valence-electron chi connectivity index (χ1n) is 6.34. The smallest absolute Gasteiger partial charge is 0.0307 e. The Hall–Kier alpha value is -0.860. The van der Waals surface area contributed by atoms with Gasteiger partial charge in [0.2, 0.25) is 0 Å². The fourth-order valence-electron chi connectivity index (χ4n) is 2.55. The summed E-state index contributed by atoms with van der Waals surface area (Å²) in [4.78, 5) is 0. The molecule has 0 spiro atoms. The van der Waals surface area contributed by atoms with Gasteiger partial charge in [-0.3, -0.25) is 0 Å². The fourth-order valence-corrected chi connectivity index (χ4v) is 2.55. The van der Waals surface area contributed by atoms with E-state index in [1.54, 1.807) is 0 Å². The maximum Gasteiger partial charge on any atom is 0.0307 e. The van der Waals surface area contributed by atoms with Gasteiger partial charge in [-0.1, -0.05) is 36.8 Å². The summed E-state index contributed by atoms with van der Waals surface area (Å²) in [6.45, 7) is 1.89. The molecular weight excluding hydrogens is 196 g/mol. The van der Waals surface area contributed by atoms with Crippen LogP contribution in [0.2, 0.25) is 0 Å². The Balaban J connectivity index is 1.92. The van der Waals surface area contributed by atoms with Crippen molar-refractivity contribution in [1.82, 2.24) is 5.32 Å². The minimum absolute atomic E-state index is 0.202. The Morgan fingerprint density at radius 2 is 2.00 bits per heavy atom. The van der Waals surface area contributed by atoms with Crippen molar-refractivity contribution in [2.75, 3.05) is 13.1 Å². The molecule has 2 rings (SSSR count). The molecule has 3 N–H and O–H groups in total. The number of piperidine rings is 1. The van der Waals surface area contributed by atoms with Crippen LogP contribution in [0.1, 0.15) is 31.2 Å². The highest BCUT2D eigenvalue weighted by molar-refractivity contribution is 5.15. The predicted molar refractivity (Wildman–Crippen MR) is 68.4 cm³/mol. The largest absolute Gasteiger partial charge is 0.329 e. The first kappa shape index (κ1) is 11.6. The van der Waals surface area contributed by atoms with Crippen LogP contribution in [0.25, 0.3) is 0 Å². The van der Waals surface area contributed by atoms with Crippen molar-refractivity contribution < 1.29 is 0 Å². The molecule has 0 aromatic heterocycles. The molecule has 0 bridgehead atoms. The molecule has 1 aliphatic heterocycles. The molecule has 16 heavy (non-hydrogen) atoms. The molecule has 1 heterocycles. The van der Waals surface area contributed by atoms with E-state index in [2.05, 4.69) is 35.6 Å². The molecule has 1 fully saturated rings. The third-order valence-corrected chi connectivity index (χ3v) is 3.71. The summed E-state index contributed by atoms with van der Waals surface area (Å²) >= 11 is 0. The van der Waals surface area contributed by atoms with Crippen molar-refractivity contribution in [2.45, 2.75) is 37.6 Å². The van der Waals surface area contributed by atoms with Crippen molar-refractivity contribution in [1.29, 1.82) is 0 Å². The molecule has 2 heteroatoms. The van der Waals surface area contributed by atoms with E-state index in [0.717, 1.165) is 25.9 Å². The quantitative estimate of drug-likeness (QED) is 0.812. The molecule has 0 amide bonds. The normalized spacial score (nSPS) is 25.6. The van der Waals surface area contributed by atoms with Crippen LogP contribution in [0.4, 0.5) is 0 Å². The van der Waals surface area contributed by atoms with Crippen LogP contribution in [0.3, 0.4) is 0 Å². The number of aryl methyl sites for hydroxylation is 1. The molecule has 88 valence electrons. The summed E-state index contributed by atoms with van der Waals surface area (Å²) in [6.07, 6.45) is 6.14. The maximum atomic E-state index is 5.94. The third kappa shape index (κ3) is 2.83. The van der Waals surface area contributed by atoms with E-state index in [1.165, 1.54) is 24.8 Å². The van der Waals surface area contributed by atoms with Gasteiger partial charge in [0, 0.05) is 12.1 Å². The second-order valence-electron chi connectivity index (χ2n) is 4.85. The van der Waals surface area contributed by atoms with Gasteiger partial charge in [0.25, 0.3) is 0 Å². The number of hydrogen-bond donors (Lipinski definition) is 2. The molecule has 0 aliphatic carbocycles. The van der Waals surface area contributed by atoms with Gasteiger partial charge in [-0.25, -0.2) is 0 Å². The number of benzene rings is 1. The molecule has 1 saturated heterocycles. The number of nitrogens with two attached hydrogens (primary N) is 1. The predicted octanol–water partition coefficient (Wildman–Crippen LogP) is 2.09. The molecule has 0 radical (unpaired) electrons. The summed E-state index contributed by atoms with van der Waals surface area (Å²) in [7, 11) is 0. The summed E-state index contributed by atoms with van der Waals surface area (Å²) in [6, 6.07) is 10.7. The minimum atomic E-state index is 0.202. The van der Waals surface area contributed by atoms with Gasteiger partial charge in [-0.15, -0.1) is 0 Å². The third-order valence-electron chi connectivity index (χ3n) is 3.71. The SMILES string of the molecule is NCC1(CCc2ccccc2)CCCCN1. The van der Waals surface area contributed by atoms with Crippen LogP contribution < -0.4 is 11.1 Å². The van der Waals surface area contributed by atoms with E-state index in [4.69, 9.17) is 5.73 Å². The zero-order chi connectivity index (χ0) is 11.3. The second kappa shape index (κ2) is 5.46. The van der Waals surface area contributed by atoms with Gasteiger partial charge < -0.3 is 11.1 Å². The zero-order valence-electron chi connectivity index (χ0n) is 9.91. The molecule has 0 saturated carbocycles. The molecular formula is C14H22N2. The van der Waals surface area contributed by atoms with Gasteiger partial charge in [0.1, 0.15) is 0 Å². The number of rotatable bonds is 4. The average Bonchev–Trinajstić information content (AvgIpc) is 2.39. The molecule has 1 atom stereocenters. The summed E-state index contributed by atoms with van der Waals surface area (Å²) in [5.74, 6) is 0. The highest BCUT2D eigenvalue weighted by Gasteiger charge is 2.29. The van der Waals surface area contributed by atoms with Crippen molar-refractivity contribution >= 4 is 0 Å². The summed E-state index contributed by atoms with van der Waals surface area (Å²) in [5, 5.41) is 3.63. The van der Waals surface area contributed by atoms with Crippen LogP contribution in [0.15, 0.2) is 30.3 Å². The van der Waals surface area contributed by atoms with E-state index in [0.29, 0.717) is 0 Å². The first-order valence-corrected chi connectivity index (χ1v) is 6.34.